The number of hydrogen-bond acceptors (Lipinski definition) is 5. The van der Waals surface area contributed by atoms with Gasteiger partial charge in [0.25, 0.3) is 0 Å². The fourth-order valence-corrected chi connectivity index (χ4v) is 5.55. The molecule has 1 saturated heterocycles. The Bertz CT molecular complexity index is 1150. The summed E-state index contributed by atoms with van der Waals surface area (Å²) in [6.45, 7) is 2.07. The quantitative estimate of drug-likeness (QED) is 0.431. The minimum Gasteiger partial charge on any atom is -0.370 e. The minimum atomic E-state index is 0.363. The van der Waals surface area contributed by atoms with Gasteiger partial charge < -0.3 is 15.5 Å². The normalized spacial score (nSPS) is 22.4. The van der Waals surface area contributed by atoms with Crippen LogP contribution in [0, 0.1) is 11.3 Å². The van der Waals surface area contributed by atoms with E-state index >= 15 is 0 Å². The van der Waals surface area contributed by atoms with E-state index in [0.29, 0.717) is 23.7 Å². The second kappa shape index (κ2) is 11.1. The first-order valence-corrected chi connectivity index (χ1v) is 13.1. The third-order valence-corrected chi connectivity index (χ3v) is 7.52. The molecule has 5 nitrogen and oxygen atoms in total. The van der Waals surface area contributed by atoms with Gasteiger partial charge in [0.2, 0.25) is 0 Å². The molecule has 3 unspecified atom stereocenters. The first-order chi connectivity index (χ1) is 17.2. The van der Waals surface area contributed by atoms with Gasteiger partial charge in [-0.1, -0.05) is 36.6 Å². The summed E-state index contributed by atoms with van der Waals surface area (Å²) >= 11 is 6.07. The molecule has 2 N–H and O–H groups in total. The molecule has 0 bridgehead atoms. The van der Waals surface area contributed by atoms with Crippen molar-refractivity contribution in [3.63, 3.8) is 0 Å². The summed E-state index contributed by atoms with van der Waals surface area (Å²) < 4.78 is 0. The highest BCUT2D eigenvalue weighted by molar-refractivity contribution is 6.30. The van der Waals surface area contributed by atoms with Crippen LogP contribution in [0.25, 0.3) is 11.1 Å². The van der Waals surface area contributed by atoms with Crippen molar-refractivity contribution in [3.8, 4) is 17.2 Å². The Balaban J connectivity index is 1.24. The molecule has 0 radical (unpaired) electrons. The van der Waals surface area contributed by atoms with Gasteiger partial charge in [-0.3, -0.25) is 0 Å². The van der Waals surface area contributed by atoms with Gasteiger partial charge in [-0.2, -0.15) is 5.26 Å². The Labute approximate surface area is 213 Å². The molecule has 2 fully saturated rings. The number of nitrogens with zero attached hydrogens (tertiary/aromatic N) is 3. The fraction of sp³-hybridized carbons (Fsp3) is 0.379. The van der Waals surface area contributed by atoms with Crippen LogP contribution in [0.3, 0.4) is 0 Å². The van der Waals surface area contributed by atoms with Gasteiger partial charge in [-0.25, -0.2) is 4.98 Å². The molecule has 2 aromatic carbocycles. The molecule has 35 heavy (non-hydrogen) atoms. The molecule has 6 heteroatoms. The predicted molar refractivity (Wildman–Crippen MR) is 144 cm³/mol. The predicted octanol–water partition coefficient (Wildman–Crippen LogP) is 6.26. The van der Waals surface area contributed by atoms with Crippen LogP contribution in [0.1, 0.15) is 44.1 Å². The van der Waals surface area contributed by atoms with E-state index in [9.17, 15) is 0 Å². The molecule has 1 saturated carbocycles. The molecule has 5 rings (SSSR count). The molecule has 0 spiro atoms. The van der Waals surface area contributed by atoms with Gasteiger partial charge in [0.05, 0.1) is 11.6 Å². The topological polar surface area (TPSA) is 64.0 Å². The smallest absolute Gasteiger partial charge is 0.126 e. The van der Waals surface area contributed by atoms with Crippen molar-refractivity contribution in [2.45, 2.75) is 56.7 Å². The van der Waals surface area contributed by atoms with Crippen LogP contribution in [-0.2, 0) is 0 Å². The van der Waals surface area contributed by atoms with E-state index < -0.39 is 0 Å². The lowest BCUT2D eigenvalue weighted by atomic mass is 9.89. The van der Waals surface area contributed by atoms with Crippen LogP contribution in [0.15, 0.2) is 66.9 Å². The number of aromatic nitrogens is 1. The summed E-state index contributed by atoms with van der Waals surface area (Å²) in [5.74, 6) is 0.930. The number of pyridine rings is 1. The Morgan fingerprint density at radius 1 is 0.886 bits per heavy atom. The van der Waals surface area contributed by atoms with E-state index in [1.54, 1.807) is 0 Å². The Morgan fingerprint density at radius 2 is 1.66 bits per heavy atom. The third kappa shape index (κ3) is 5.96. The largest absolute Gasteiger partial charge is 0.370 e. The van der Waals surface area contributed by atoms with Crippen molar-refractivity contribution in [3.05, 3.63) is 77.4 Å². The van der Waals surface area contributed by atoms with Gasteiger partial charge in [0, 0.05) is 48.1 Å². The lowest BCUT2D eigenvalue weighted by Gasteiger charge is -2.40. The first kappa shape index (κ1) is 23.7. The molecule has 0 amide bonds. The molecule has 3 aromatic rings. The number of piperidine rings is 1. The number of hydrogen-bond donors (Lipinski definition) is 2. The van der Waals surface area contributed by atoms with Crippen LogP contribution in [0.2, 0.25) is 5.02 Å². The summed E-state index contributed by atoms with van der Waals surface area (Å²) in [5, 5.41) is 17.6. The first-order valence-electron chi connectivity index (χ1n) is 12.7. The maximum atomic E-state index is 9.09. The van der Waals surface area contributed by atoms with Gasteiger partial charge >= 0.3 is 0 Å². The SMILES string of the molecule is N#Cc1ccc(N2CCCC(NC3CCCCC3Nc3cc(-c4ccc(Cl)cc4)ccn3)C2)cc1. The van der Waals surface area contributed by atoms with E-state index in [0.717, 1.165) is 41.5 Å². The number of rotatable bonds is 6. The molecule has 1 aliphatic heterocycles. The molecule has 1 aromatic heterocycles. The zero-order chi connectivity index (χ0) is 24.0. The summed E-state index contributed by atoms with van der Waals surface area (Å²) in [5.41, 5.74) is 4.20. The lowest BCUT2D eigenvalue weighted by Crippen LogP contribution is -2.54. The Morgan fingerprint density at radius 3 is 2.43 bits per heavy atom. The fourth-order valence-electron chi connectivity index (χ4n) is 5.42. The van der Waals surface area contributed by atoms with Crippen molar-refractivity contribution in [1.82, 2.24) is 10.3 Å². The summed E-state index contributed by atoms with van der Waals surface area (Å²) in [6, 6.07) is 23.6. The molecule has 2 heterocycles. The lowest BCUT2D eigenvalue weighted by molar-refractivity contribution is 0.293. The third-order valence-electron chi connectivity index (χ3n) is 7.27. The molecule has 1 aliphatic carbocycles. The number of nitriles is 1. The molecular formula is C29H32ClN5. The average Bonchev–Trinajstić information content (AvgIpc) is 2.91. The van der Waals surface area contributed by atoms with Gasteiger partial charge in [0.15, 0.2) is 0 Å². The maximum absolute atomic E-state index is 9.09. The summed E-state index contributed by atoms with van der Waals surface area (Å²) in [6.07, 6.45) is 9.09. The highest BCUT2D eigenvalue weighted by atomic mass is 35.5. The molecule has 3 atom stereocenters. The molecule has 2 aliphatic rings. The van der Waals surface area contributed by atoms with E-state index in [2.05, 4.69) is 56.9 Å². The van der Waals surface area contributed by atoms with Crippen LogP contribution in [0.5, 0.6) is 0 Å². The van der Waals surface area contributed by atoms with Crippen molar-refractivity contribution in [2.75, 3.05) is 23.3 Å². The van der Waals surface area contributed by atoms with Crippen LogP contribution < -0.4 is 15.5 Å². The number of anilines is 2. The van der Waals surface area contributed by atoms with Gasteiger partial charge in [0.1, 0.15) is 5.82 Å². The van der Waals surface area contributed by atoms with E-state index in [4.69, 9.17) is 16.9 Å². The summed E-state index contributed by atoms with van der Waals surface area (Å²) in [7, 11) is 0. The van der Waals surface area contributed by atoms with Crippen molar-refractivity contribution < 1.29 is 0 Å². The van der Waals surface area contributed by atoms with E-state index in [-0.39, 0.29) is 0 Å². The van der Waals surface area contributed by atoms with Gasteiger partial charge in [-0.05, 0) is 85.3 Å². The van der Waals surface area contributed by atoms with Crippen LogP contribution >= 0.6 is 11.6 Å². The van der Waals surface area contributed by atoms with Crippen LogP contribution in [-0.4, -0.2) is 36.2 Å². The van der Waals surface area contributed by atoms with E-state index in [1.165, 1.54) is 37.8 Å². The second-order valence-electron chi connectivity index (χ2n) is 9.69. The zero-order valence-corrected chi connectivity index (χ0v) is 20.7. The standard InChI is InChI=1S/C29H32ClN5/c30-24-11-9-22(10-12-24)23-15-16-32-29(18-23)34-28-6-2-1-5-27(28)33-25-4-3-17-35(20-25)26-13-7-21(19-31)8-14-26/h7-16,18,25,27-28,33H,1-6,17,20H2,(H,32,34). The molecular weight excluding hydrogens is 454 g/mol. The second-order valence-corrected chi connectivity index (χ2v) is 10.1. The number of halogens is 1. The minimum absolute atomic E-state index is 0.363. The summed E-state index contributed by atoms with van der Waals surface area (Å²) in [4.78, 5) is 7.08. The monoisotopic (exact) mass is 485 g/mol. The van der Waals surface area contributed by atoms with Crippen molar-refractivity contribution in [1.29, 1.82) is 5.26 Å². The van der Waals surface area contributed by atoms with Crippen LogP contribution in [0.4, 0.5) is 11.5 Å². The van der Waals surface area contributed by atoms with Crippen molar-refractivity contribution >= 4 is 23.1 Å². The number of nitrogens with one attached hydrogen (secondary N) is 2. The van der Waals surface area contributed by atoms with E-state index in [1.807, 2.05) is 36.5 Å². The molecule has 180 valence electrons. The number of benzene rings is 2. The zero-order valence-electron chi connectivity index (χ0n) is 20.0. The van der Waals surface area contributed by atoms with Gasteiger partial charge in [-0.15, -0.1) is 0 Å². The average molecular weight is 486 g/mol. The highest BCUT2D eigenvalue weighted by Gasteiger charge is 2.29. The highest BCUT2D eigenvalue weighted by Crippen LogP contribution is 2.27. The van der Waals surface area contributed by atoms with Crippen molar-refractivity contribution in [2.24, 2.45) is 0 Å². The Kier molecular flexibility index (Phi) is 7.51. The Hall–Kier alpha value is -3.07. The maximum Gasteiger partial charge on any atom is 0.126 e.